The summed E-state index contributed by atoms with van der Waals surface area (Å²) >= 11 is 0. The minimum atomic E-state index is -0.772. The van der Waals surface area contributed by atoms with Gasteiger partial charge in [0.15, 0.2) is 6.10 Å². The van der Waals surface area contributed by atoms with Gasteiger partial charge in [-0.05, 0) is 70.6 Å². The highest BCUT2D eigenvalue weighted by atomic mass is 16.6. The second-order valence-electron chi connectivity index (χ2n) is 21.7. The molecule has 0 fully saturated rings. The lowest BCUT2D eigenvalue weighted by molar-refractivity contribution is -0.167. The van der Waals surface area contributed by atoms with Crippen LogP contribution in [0, 0.1) is 0 Å². The fourth-order valence-corrected chi connectivity index (χ4v) is 9.61. The zero-order valence-corrected chi connectivity index (χ0v) is 48.0. The number of carbonyl (C=O) groups is 3. The number of hydrogen-bond donors (Lipinski definition) is 0. The van der Waals surface area contributed by atoms with Crippen LogP contribution in [0.3, 0.4) is 0 Å². The molecule has 0 heterocycles. The third-order valence-corrected chi connectivity index (χ3v) is 14.4. The molecule has 0 amide bonds. The molecule has 0 rings (SSSR count). The topological polar surface area (TPSA) is 78.9 Å². The summed E-state index contributed by atoms with van der Waals surface area (Å²) in [5.41, 5.74) is 0. The predicted molar refractivity (Wildman–Crippen MR) is 307 cm³/mol. The number of allylic oxidation sites excluding steroid dienone is 4. The first-order valence-corrected chi connectivity index (χ1v) is 31.8. The summed E-state index contributed by atoms with van der Waals surface area (Å²) in [5, 5.41) is 0. The van der Waals surface area contributed by atoms with Crippen molar-refractivity contribution in [2.75, 3.05) is 13.2 Å². The number of hydrogen-bond acceptors (Lipinski definition) is 6. The Bertz CT molecular complexity index is 1150. The molecule has 0 aromatic rings. The molecular formula is C65H122O6. The summed E-state index contributed by atoms with van der Waals surface area (Å²) in [5.74, 6) is -0.855. The van der Waals surface area contributed by atoms with E-state index in [9.17, 15) is 14.4 Å². The fourth-order valence-electron chi connectivity index (χ4n) is 9.61. The van der Waals surface area contributed by atoms with E-state index in [0.29, 0.717) is 19.3 Å². The van der Waals surface area contributed by atoms with Gasteiger partial charge in [0.25, 0.3) is 0 Å². The van der Waals surface area contributed by atoms with Crippen molar-refractivity contribution in [2.24, 2.45) is 0 Å². The zero-order chi connectivity index (χ0) is 51.4. The van der Waals surface area contributed by atoms with Gasteiger partial charge in [-0.15, -0.1) is 0 Å². The van der Waals surface area contributed by atoms with Crippen molar-refractivity contribution in [3.8, 4) is 0 Å². The summed E-state index contributed by atoms with van der Waals surface area (Å²) in [6, 6.07) is 0. The van der Waals surface area contributed by atoms with Gasteiger partial charge in [0.05, 0.1) is 0 Å². The van der Waals surface area contributed by atoms with Crippen LogP contribution in [-0.4, -0.2) is 37.2 Å². The molecular weight excluding hydrogens is 877 g/mol. The van der Waals surface area contributed by atoms with Crippen LogP contribution in [0.5, 0.6) is 0 Å². The fraction of sp³-hybridized carbons (Fsp3) is 0.892. The molecule has 6 heteroatoms. The Kier molecular flexibility index (Phi) is 58.6. The Morgan fingerprint density at radius 3 is 0.704 bits per heavy atom. The smallest absolute Gasteiger partial charge is 0.306 e. The highest BCUT2D eigenvalue weighted by Gasteiger charge is 2.19. The molecule has 1 atom stereocenters. The van der Waals surface area contributed by atoms with E-state index in [1.165, 1.54) is 250 Å². The van der Waals surface area contributed by atoms with Gasteiger partial charge < -0.3 is 14.2 Å². The minimum absolute atomic E-state index is 0.0695. The molecule has 0 aromatic heterocycles. The first-order chi connectivity index (χ1) is 35.0. The molecule has 0 spiro atoms. The third-order valence-electron chi connectivity index (χ3n) is 14.4. The van der Waals surface area contributed by atoms with Crippen molar-refractivity contribution in [3.05, 3.63) is 24.3 Å². The zero-order valence-electron chi connectivity index (χ0n) is 48.0. The number of unbranched alkanes of at least 4 members (excludes halogenated alkanes) is 44. The SMILES string of the molecule is CCCCCCCCC/C=C\CCCCCCCC(=O)OC(COC(=O)CCCCCCCCCCCCCC)COC(=O)CCCCCCCCCCCCCCC/C=C\CCCCCCCCCC. The Hall–Kier alpha value is -2.11. The summed E-state index contributed by atoms with van der Waals surface area (Å²) < 4.78 is 16.9. The van der Waals surface area contributed by atoms with Gasteiger partial charge in [0, 0.05) is 19.3 Å². The van der Waals surface area contributed by atoms with Crippen LogP contribution in [0.4, 0.5) is 0 Å². The second-order valence-corrected chi connectivity index (χ2v) is 21.7. The molecule has 0 saturated carbocycles. The van der Waals surface area contributed by atoms with Crippen LogP contribution >= 0.6 is 0 Å². The van der Waals surface area contributed by atoms with E-state index in [0.717, 1.165) is 64.2 Å². The average Bonchev–Trinajstić information content (AvgIpc) is 3.37. The largest absolute Gasteiger partial charge is 0.462 e. The Morgan fingerprint density at radius 1 is 0.268 bits per heavy atom. The van der Waals surface area contributed by atoms with Gasteiger partial charge in [-0.2, -0.15) is 0 Å². The van der Waals surface area contributed by atoms with Gasteiger partial charge in [-0.1, -0.05) is 289 Å². The minimum Gasteiger partial charge on any atom is -0.462 e. The highest BCUT2D eigenvalue weighted by molar-refractivity contribution is 5.71. The number of esters is 3. The van der Waals surface area contributed by atoms with Crippen molar-refractivity contribution in [3.63, 3.8) is 0 Å². The lowest BCUT2D eigenvalue weighted by Gasteiger charge is -2.18. The van der Waals surface area contributed by atoms with Crippen LogP contribution in [0.1, 0.15) is 355 Å². The highest BCUT2D eigenvalue weighted by Crippen LogP contribution is 2.17. The van der Waals surface area contributed by atoms with E-state index in [1.54, 1.807) is 0 Å². The van der Waals surface area contributed by atoms with Gasteiger partial charge in [0.1, 0.15) is 13.2 Å². The van der Waals surface area contributed by atoms with E-state index >= 15 is 0 Å². The Balaban J connectivity index is 4.22. The lowest BCUT2D eigenvalue weighted by atomic mass is 10.0. The van der Waals surface area contributed by atoms with E-state index in [2.05, 4.69) is 45.1 Å². The molecule has 6 nitrogen and oxygen atoms in total. The lowest BCUT2D eigenvalue weighted by Crippen LogP contribution is -2.30. The van der Waals surface area contributed by atoms with Gasteiger partial charge in [-0.25, -0.2) is 0 Å². The summed E-state index contributed by atoms with van der Waals surface area (Å²) in [6.07, 6.45) is 71.9. The predicted octanol–water partition coefficient (Wildman–Crippen LogP) is 21.4. The van der Waals surface area contributed by atoms with Crippen LogP contribution in [0.25, 0.3) is 0 Å². The van der Waals surface area contributed by atoms with Crippen molar-refractivity contribution < 1.29 is 28.6 Å². The van der Waals surface area contributed by atoms with Gasteiger partial charge in [-0.3, -0.25) is 14.4 Å². The molecule has 0 bridgehead atoms. The number of carbonyl (C=O) groups excluding carboxylic acids is 3. The summed E-state index contributed by atoms with van der Waals surface area (Å²) in [6.45, 7) is 6.68. The first kappa shape index (κ1) is 68.9. The normalized spacial score (nSPS) is 12.1. The summed E-state index contributed by atoms with van der Waals surface area (Å²) in [7, 11) is 0. The molecule has 0 saturated heterocycles. The number of rotatable bonds is 59. The van der Waals surface area contributed by atoms with Crippen molar-refractivity contribution in [1.29, 1.82) is 0 Å². The molecule has 1 unspecified atom stereocenters. The molecule has 0 radical (unpaired) electrons. The summed E-state index contributed by atoms with van der Waals surface area (Å²) in [4.78, 5) is 38.2. The molecule has 0 aliphatic rings. The van der Waals surface area contributed by atoms with E-state index in [4.69, 9.17) is 14.2 Å². The van der Waals surface area contributed by atoms with Gasteiger partial charge in [0.2, 0.25) is 0 Å². The van der Waals surface area contributed by atoms with Crippen molar-refractivity contribution >= 4 is 17.9 Å². The quantitative estimate of drug-likeness (QED) is 0.0261. The molecule has 0 aliphatic carbocycles. The third kappa shape index (κ3) is 58.7. The molecule has 0 aliphatic heterocycles. The first-order valence-electron chi connectivity index (χ1n) is 31.8. The maximum absolute atomic E-state index is 12.9. The average molecular weight is 1000 g/mol. The maximum atomic E-state index is 12.9. The van der Waals surface area contributed by atoms with E-state index in [-0.39, 0.29) is 31.1 Å². The molecule has 0 aromatic carbocycles. The number of ether oxygens (including phenoxy) is 3. The second kappa shape index (κ2) is 60.4. The van der Waals surface area contributed by atoms with Crippen LogP contribution in [-0.2, 0) is 28.6 Å². The van der Waals surface area contributed by atoms with Crippen molar-refractivity contribution in [1.82, 2.24) is 0 Å². The van der Waals surface area contributed by atoms with Crippen LogP contribution in [0.2, 0.25) is 0 Å². The standard InChI is InChI=1S/C65H122O6/c1-4-7-10-13-16-19-22-25-27-29-30-31-32-33-34-35-36-37-39-40-43-46-49-52-55-58-64(67)70-61-62(60-69-63(66)57-54-51-48-45-42-24-21-18-15-12-9-6-3)71-65(68)59-56-53-50-47-44-41-38-28-26-23-20-17-14-11-8-5-2/h28-30,38,62H,4-27,31-37,39-61H2,1-3H3/b30-29-,38-28-. The molecule has 418 valence electrons. The monoisotopic (exact) mass is 999 g/mol. The molecule has 0 N–H and O–H groups in total. The Morgan fingerprint density at radius 2 is 0.465 bits per heavy atom. The van der Waals surface area contributed by atoms with E-state index in [1.807, 2.05) is 0 Å². The van der Waals surface area contributed by atoms with E-state index < -0.39 is 6.10 Å². The Labute approximate surface area is 443 Å². The van der Waals surface area contributed by atoms with Crippen LogP contribution in [0.15, 0.2) is 24.3 Å². The van der Waals surface area contributed by atoms with Gasteiger partial charge >= 0.3 is 17.9 Å². The van der Waals surface area contributed by atoms with Crippen LogP contribution < -0.4 is 0 Å². The van der Waals surface area contributed by atoms with Crippen molar-refractivity contribution in [2.45, 2.75) is 361 Å². The molecule has 71 heavy (non-hydrogen) atoms. The maximum Gasteiger partial charge on any atom is 0.306 e.